The summed E-state index contributed by atoms with van der Waals surface area (Å²) in [5, 5.41) is 13.1. The molecule has 0 radical (unpaired) electrons. The van der Waals surface area contributed by atoms with Crippen molar-refractivity contribution in [3.8, 4) is 0 Å². The summed E-state index contributed by atoms with van der Waals surface area (Å²) >= 11 is 0. The van der Waals surface area contributed by atoms with E-state index in [-0.39, 0.29) is 12.5 Å². The van der Waals surface area contributed by atoms with Crippen molar-refractivity contribution in [2.24, 2.45) is 0 Å². The lowest BCUT2D eigenvalue weighted by Gasteiger charge is -2.24. The molecule has 1 rings (SSSR count). The number of benzene rings is 1. The summed E-state index contributed by atoms with van der Waals surface area (Å²) in [6.07, 6.45) is 35.2. The van der Waals surface area contributed by atoms with Gasteiger partial charge in [0, 0.05) is 6.42 Å². The second-order valence-electron chi connectivity index (χ2n) is 13.3. The monoisotopic (exact) mass is 642 g/mol. The molecule has 0 aromatic heterocycles. The van der Waals surface area contributed by atoms with E-state index in [1.54, 1.807) is 24.3 Å². The van der Waals surface area contributed by atoms with Gasteiger partial charge in [0.2, 0.25) is 5.91 Å². The Kier molecular flexibility index (Phi) is 28.6. The molecule has 0 bridgehead atoms. The number of aliphatic hydroxyl groups is 1. The Hall–Kier alpha value is -2.14. The zero-order chi connectivity index (χ0) is 33.3. The van der Waals surface area contributed by atoms with Gasteiger partial charge in [0.15, 0.2) is 0 Å². The van der Waals surface area contributed by atoms with Crippen LogP contribution in [0.4, 0.5) is 0 Å². The number of carbonyl (C=O) groups excluding carboxylic acids is 2. The first-order valence-corrected chi connectivity index (χ1v) is 19.4. The van der Waals surface area contributed by atoms with Crippen molar-refractivity contribution in [3.05, 3.63) is 48.0 Å². The summed E-state index contributed by atoms with van der Waals surface area (Å²) in [4.78, 5) is 25.6. The van der Waals surface area contributed by atoms with Gasteiger partial charge in [0.1, 0.15) is 6.10 Å². The highest BCUT2D eigenvalue weighted by atomic mass is 16.5. The quantitative estimate of drug-likeness (QED) is 0.0466. The molecular formula is C41H71NO4. The zero-order valence-corrected chi connectivity index (χ0v) is 30.0. The van der Waals surface area contributed by atoms with Gasteiger partial charge in [-0.1, -0.05) is 179 Å². The van der Waals surface area contributed by atoms with E-state index in [1.807, 2.05) is 18.2 Å². The molecule has 1 aromatic rings. The molecule has 0 fully saturated rings. The third-order valence-electron chi connectivity index (χ3n) is 9.00. The number of ether oxygens (including phenoxy) is 1. The van der Waals surface area contributed by atoms with Crippen molar-refractivity contribution < 1.29 is 19.4 Å². The number of allylic oxidation sites excluding steroid dienone is 1. The SMILES string of the molecule is CCCCCCCCCCCCCC=CC(OC(=O)c1ccccc1)C(CO)NC(=O)CCCCCCCCCCCCCCC. The summed E-state index contributed by atoms with van der Waals surface area (Å²) in [6.45, 7) is 4.23. The van der Waals surface area contributed by atoms with Crippen LogP contribution in [0, 0.1) is 0 Å². The number of amides is 1. The van der Waals surface area contributed by atoms with Crippen LogP contribution >= 0.6 is 0 Å². The van der Waals surface area contributed by atoms with Crippen molar-refractivity contribution in [2.75, 3.05) is 6.61 Å². The van der Waals surface area contributed by atoms with Crippen molar-refractivity contribution in [2.45, 2.75) is 193 Å². The number of aliphatic hydroxyl groups excluding tert-OH is 1. The van der Waals surface area contributed by atoms with Gasteiger partial charge in [-0.15, -0.1) is 0 Å². The molecule has 2 atom stereocenters. The molecule has 0 saturated heterocycles. The average Bonchev–Trinajstić information content (AvgIpc) is 3.07. The minimum absolute atomic E-state index is 0.0957. The van der Waals surface area contributed by atoms with Gasteiger partial charge in [0.05, 0.1) is 18.2 Å². The first-order chi connectivity index (χ1) is 22.6. The molecule has 0 heterocycles. The fourth-order valence-corrected chi connectivity index (χ4v) is 5.99. The number of rotatable bonds is 32. The van der Waals surface area contributed by atoms with E-state index in [1.165, 1.54) is 128 Å². The molecule has 46 heavy (non-hydrogen) atoms. The van der Waals surface area contributed by atoms with E-state index >= 15 is 0 Å². The smallest absolute Gasteiger partial charge is 0.338 e. The Balaban J connectivity index is 2.37. The first kappa shape index (κ1) is 41.9. The normalized spacial score (nSPS) is 12.8. The van der Waals surface area contributed by atoms with Gasteiger partial charge in [0.25, 0.3) is 0 Å². The second kappa shape index (κ2) is 31.5. The number of esters is 1. The molecule has 0 aliphatic heterocycles. The highest BCUT2D eigenvalue weighted by Crippen LogP contribution is 2.15. The zero-order valence-electron chi connectivity index (χ0n) is 30.0. The van der Waals surface area contributed by atoms with Gasteiger partial charge in [-0.2, -0.15) is 0 Å². The van der Waals surface area contributed by atoms with Crippen LogP contribution in [0.1, 0.15) is 191 Å². The van der Waals surface area contributed by atoms with Crippen LogP contribution in [0.25, 0.3) is 0 Å². The van der Waals surface area contributed by atoms with E-state index in [0.29, 0.717) is 12.0 Å². The third kappa shape index (κ3) is 24.1. The maximum absolute atomic E-state index is 12.9. The average molecular weight is 642 g/mol. The maximum Gasteiger partial charge on any atom is 0.338 e. The molecule has 0 spiro atoms. The topological polar surface area (TPSA) is 75.6 Å². The largest absolute Gasteiger partial charge is 0.452 e. The van der Waals surface area contributed by atoms with Gasteiger partial charge < -0.3 is 15.2 Å². The molecule has 2 N–H and O–H groups in total. The lowest BCUT2D eigenvalue weighted by Crippen LogP contribution is -2.46. The second-order valence-corrected chi connectivity index (χ2v) is 13.3. The predicted molar refractivity (Wildman–Crippen MR) is 195 cm³/mol. The minimum atomic E-state index is -0.721. The van der Waals surface area contributed by atoms with E-state index in [4.69, 9.17) is 4.74 Å². The van der Waals surface area contributed by atoms with Crippen LogP contribution < -0.4 is 5.32 Å². The summed E-state index contributed by atoms with van der Waals surface area (Å²) in [5.74, 6) is -0.546. The van der Waals surface area contributed by atoms with Crippen molar-refractivity contribution in [3.63, 3.8) is 0 Å². The Labute approximate surface area is 283 Å². The van der Waals surface area contributed by atoms with E-state index < -0.39 is 18.1 Å². The number of unbranched alkanes of at least 4 members (excludes halogenated alkanes) is 23. The highest BCUT2D eigenvalue weighted by molar-refractivity contribution is 5.89. The van der Waals surface area contributed by atoms with Crippen molar-refractivity contribution in [1.82, 2.24) is 5.32 Å². The maximum atomic E-state index is 12.9. The van der Waals surface area contributed by atoms with Crippen LogP contribution in [-0.2, 0) is 9.53 Å². The Morgan fingerprint density at radius 2 is 1.09 bits per heavy atom. The van der Waals surface area contributed by atoms with Crippen LogP contribution in [-0.4, -0.2) is 35.7 Å². The van der Waals surface area contributed by atoms with Crippen LogP contribution in [0.2, 0.25) is 0 Å². The molecule has 0 aliphatic carbocycles. The first-order valence-electron chi connectivity index (χ1n) is 19.4. The van der Waals surface area contributed by atoms with Crippen LogP contribution in [0.15, 0.2) is 42.5 Å². The highest BCUT2D eigenvalue weighted by Gasteiger charge is 2.24. The molecular weight excluding hydrogens is 570 g/mol. The third-order valence-corrected chi connectivity index (χ3v) is 9.00. The van der Waals surface area contributed by atoms with E-state index in [2.05, 4.69) is 19.2 Å². The van der Waals surface area contributed by atoms with Crippen molar-refractivity contribution in [1.29, 1.82) is 0 Å². The molecule has 2 unspecified atom stereocenters. The Bertz CT molecular complexity index is 855. The standard InChI is InChI=1S/C41H71NO4/c1-3-5-7-9-11-13-15-17-19-21-23-25-30-34-39(46-41(45)37-32-28-27-29-33-37)38(36-43)42-40(44)35-31-26-24-22-20-18-16-14-12-10-8-6-4-2/h27-30,32-34,38-39,43H,3-26,31,35-36H2,1-2H3,(H,42,44). The van der Waals surface area contributed by atoms with E-state index in [0.717, 1.165) is 32.1 Å². The summed E-state index contributed by atoms with van der Waals surface area (Å²) < 4.78 is 5.82. The molecule has 5 nitrogen and oxygen atoms in total. The number of hydrogen-bond donors (Lipinski definition) is 2. The molecule has 5 heteroatoms. The fourth-order valence-electron chi connectivity index (χ4n) is 5.99. The van der Waals surface area contributed by atoms with Crippen LogP contribution in [0.5, 0.6) is 0 Å². The Morgan fingerprint density at radius 1 is 0.652 bits per heavy atom. The predicted octanol–water partition coefficient (Wildman–Crippen LogP) is 11.4. The van der Waals surface area contributed by atoms with Crippen molar-refractivity contribution >= 4 is 11.9 Å². The molecule has 1 aromatic carbocycles. The van der Waals surface area contributed by atoms with Gasteiger partial charge in [-0.3, -0.25) is 4.79 Å². The summed E-state index contributed by atoms with van der Waals surface area (Å²) in [7, 11) is 0. The lowest BCUT2D eigenvalue weighted by atomic mass is 10.0. The molecule has 264 valence electrons. The van der Waals surface area contributed by atoms with Gasteiger partial charge >= 0.3 is 5.97 Å². The number of carbonyl (C=O) groups is 2. The summed E-state index contributed by atoms with van der Waals surface area (Å²) in [5.41, 5.74) is 0.459. The lowest BCUT2D eigenvalue weighted by molar-refractivity contribution is -0.123. The number of nitrogens with one attached hydrogen (secondary N) is 1. The molecule has 0 saturated carbocycles. The fraction of sp³-hybridized carbons (Fsp3) is 0.756. The summed E-state index contributed by atoms with van der Waals surface area (Å²) in [6, 6.07) is 8.22. The van der Waals surface area contributed by atoms with Gasteiger partial charge in [-0.25, -0.2) is 4.79 Å². The van der Waals surface area contributed by atoms with Gasteiger partial charge in [-0.05, 0) is 37.5 Å². The minimum Gasteiger partial charge on any atom is -0.452 e. The van der Waals surface area contributed by atoms with E-state index in [9.17, 15) is 14.7 Å². The van der Waals surface area contributed by atoms with Crippen LogP contribution in [0.3, 0.4) is 0 Å². The Morgan fingerprint density at radius 3 is 1.54 bits per heavy atom. The molecule has 0 aliphatic rings. The molecule has 1 amide bonds. The number of hydrogen-bond acceptors (Lipinski definition) is 4.